The molecule has 1 rings (SSSR count). The molecule has 14 heavy (non-hydrogen) atoms. The van der Waals surface area contributed by atoms with Crippen molar-refractivity contribution in [3.8, 4) is 6.07 Å². The Kier molecular flexibility index (Phi) is 2.58. The van der Waals surface area contributed by atoms with Gasteiger partial charge in [0.1, 0.15) is 6.07 Å². The standard InChI is InChI=1S/C8H4ClF3N2/c9-5-2-1-4(3-13)7(14)6(5)8(10,11)12/h1-2H,14H2. The summed E-state index contributed by atoms with van der Waals surface area (Å²) in [6, 6.07) is 3.70. The van der Waals surface area contributed by atoms with E-state index >= 15 is 0 Å². The molecule has 0 aliphatic heterocycles. The van der Waals surface area contributed by atoms with Gasteiger partial charge in [0.15, 0.2) is 0 Å². The average molecular weight is 221 g/mol. The van der Waals surface area contributed by atoms with Crippen molar-refractivity contribution >= 4 is 17.3 Å². The highest BCUT2D eigenvalue weighted by molar-refractivity contribution is 6.31. The zero-order valence-electron chi connectivity index (χ0n) is 6.69. The lowest BCUT2D eigenvalue weighted by molar-refractivity contribution is -0.136. The SMILES string of the molecule is N#Cc1ccc(Cl)c(C(F)(F)F)c1N. The van der Waals surface area contributed by atoms with Crippen molar-refractivity contribution in [2.75, 3.05) is 5.73 Å². The van der Waals surface area contributed by atoms with Gasteiger partial charge in [-0.1, -0.05) is 11.6 Å². The van der Waals surface area contributed by atoms with Gasteiger partial charge in [-0.2, -0.15) is 18.4 Å². The van der Waals surface area contributed by atoms with E-state index in [4.69, 9.17) is 22.6 Å². The predicted molar refractivity (Wildman–Crippen MR) is 45.6 cm³/mol. The maximum Gasteiger partial charge on any atom is 0.419 e. The summed E-state index contributed by atoms with van der Waals surface area (Å²) in [5, 5.41) is 7.95. The normalized spacial score (nSPS) is 11.1. The number of benzene rings is 1. The van der Waals surface area contributed by atoms with Gasteiger partial charge in [-0.15, -0.1) is 0 Å². The fraction of sp³-hybridized carbons (Fsp3) is 0.125. The molecule has 0 aromatic heterocycles. The Morgan fingerprint density at radius 2 is 1.93 bits per heavy atom. The molecule has 6 heteroatoms. The summed E-state index contributed by atoms with van der Waals surface area (Å²) in [6.07, 6.45) is -4.64. The zero-order chi connectivity index (χ0) is 10.9. The van der Waals surface area contributed by atoms with E-state index < -0.39 is 22.4 Å². The Labute approximate surface area is 82.7 Å². The fourth-order valence-corrected chi connectivity index (χ4v) is 1.25. The van der Waals surface area contributed by atoms with Crippen LogP contribution in [0.5, 0.6) is 0 Å². The van der Waals surface area contributed by atoms with Crippen LogP contribution in [0.15, 0.2) is 12.1 Å². The monoisotopic (exact) mass is 220 g/mol. The number of hydrogen-bond donors (Lipinski definition) is 1. The quantitative estimate of drug-likeness (QED) is 0.684. The Morgan fingerprint density at radius 1 is 1.36 bits per heavy atom. The van der Waals surface area contributed by atoms with Crippen LogP contribution in [0.1, 0.15) is 11.1 Å². The second-order valence-corrected chi connectivity index (χ2v) is 2.90. The molecule has 0 saturated carbocycles. The van der Waals surface area contributed by atoms with E-state index in [9.17, 15) is 13.2 Å². The van der Waals surface area contributed by atoms with Crippen LogP contribution in [-0.2, 0) is 6.18 Å². The first-order chi connectivity index (χ1) is 6.38. The van der Waals surface area contributed by atoms with Gasteiger partial charge in [-0.3, -0.25) is 0 Å². The molecule has 0 unspecified atom stereocenters. The molecular formula is C8H4ClF3N2. The van der Waals surface area contributed by atoms with Crippen LogP contribution in [0.3, 0.4) is 0 Å². The first kappa shape index (κ1) is 10.7. The van der Waals surface area contributed by atoms with E-state index in [0.29, 0.717) is 0 Å². The van der Waals surface area contributed by atoms with E-state index in [1.165, 1.54) is 0 Å². The summed E-state index contributed by atoms with van der Waals surface area (Å²) in [6.45, 7) is 0. The highest BCUT2D eigenvalue weighted by Gasteiger charge is 2.36. The molecule has 0 radical (unpaired) electrons. The minimum Gasteiger partial charge on any atom is -0.397 e. The zero-order valence-corrected chi connectivity index (χ0v) is 7.45. The van der Waals surface area contributed by atoms with Crippen LogP contribution >= 0.6 is 11.6 Å². The molecule has 0 saturated heterocycles. The number of anilines is 1. The van der Waals surface area contributed by atoms with Gasteiger partial charge in [0, 0.05) is 0 Å². The van der Waals surface area contributed by atoms with Gasteiger partial charge in [0.05, 0.1) is 21.8 Å². The summed E-state index contributed by atoms with van der Waals surface area (Å²) in [5.41, 5.74) is 3.13. The Balaban J connectivity index is 3.50. The number of nitrogen functional groups attached to an aromatic ring is 1. The number of nitrogens with two attached hydrogens (primary N) is 1. The summed E-state index contributed by atoms with van der Waals surface area (Å²) in [7, 11) is 0. The summed E-state index contributed by atoms with van der Waals surface area (Å²) in [4.78, 5) is 0. The molecule has 0 spiro atoms. The first-order valence-electron chi connectivity index (χ1n) is 3.43. The van der Waals surface area contributed by atoms with E-state index in [-0.39, 0.29) is 5.56 Å². The Bertz CT molecular complexity index is 406. The number of nitriles is 1. The molecule has 0 amide bonds. The van der Waals surface area contributed by atoms with Crippen LogP contribution in [0.2, 0.25) is 5.02 Å². The maximum absolute atomic E-state index is 12.4. The minimum absolute atomic E-state index is 0.235. The topological polar surface area (TPSA) is 49.8 Å². The third-order valence-corrected chi connectivity index (χ3v) is 1.91. The van der Waals surface area contributed by atoms with Crippen molar-refractivity contribution < 1.29 is 13.2 Å². The maximum atomic E-state index is 12.4. The number of alkyl halides is 3. The lowest BCUT2D eigenvalue weighted by Crippen LogP contribution is -2.11. The average Bonchev–Trinajstić information content (AvgIpc) is 2.02. The van der Waals surface area contributed by atoms with Gasteiger partial charge in [0.2, 0.25) is 0 Å². The summed E-state index contributed by atoms with van der Waals surface area (Å²) in [5.74, 6) is 0. The fourth-order valence-electron chi connectivity index (χ4n) is 0.979. The van der Waals surface area contributed by atoms with Crippen molar-refractivity contribution in [3.63, 3.8) is 0 Å². The number of hydrogen-bond acceptors (Lipinski definition) is 2. The summed E-state index contributed by atoms with van der Waals surface area (Å²) >= 11 is 5.33. The van der Waals surface area contributed by atoms with Crippen LogP contribution in [0, 0.1) is 11.3 Å². The van der Waals surface area contributed by atoms with Crippen molar-refractivity contribution in [2.45, 2.75) is 6.18 Å². The van der Waals surface area contributed by atoms with Crippen molar-refractivity contribution in [2.24, 2.45) is 0 Å². The molecule has 74 valence electrons. The number of rotatable bonds is 0. The van der Waals surface area contributed by atoms with Gasteiger partial charge in [0.25, 0.3) is 0 Å². The third-order valence-electron chi connectivity index (χ3n) is 1.60. The molecule has 1 aromatic carbocycles. The van der Waals surface area contributed by atoms with Crippen LogP contribution < -0.4 is 5.73 Å². The molecule has 2 nitrogen and oxygen atoms in total. The van der Waals surface area contributed by atoms with Crippen molar-refractivity contribution in [3.05, 3.63) is 28.3 Å². The molecule has 1 aromatic rings. The third kappa shape index (κ3) is 1.75. The molecule has 0 bridgehead atoms. The lowest BCUT2D eigenvalue weighted by atomic mass is 10.1. The number of nitrogens with zero attached hydrogens (tertiary/aromatic N) is 1. The van der Waals surface area contributed by atoms with E-state index in [1.807, 2.05) is 0 Å². The Hall–Kier alpha value is -1.41. The highest BCUT2D eigenvalue weighted by atomic mass is 35.5. The van der Waals surface area contributed by atoms with Crippen molar-refractivity contribution in [1.29, 1.82) is 5.26 Å². The second kappa shape index (κ2) is 3.39. The molecule has 2 N–H and O–H groups in total. The van der Waals surface area contributed by atoms with Crippen LogP contribution in [0.25, 0.3) is 0 Å². The largest absolute Gasteiger partial charge is 0.419 e. The molecule has 0 aliphatic rings. The van der Waals surface area contributed by atoms with E-state index in [2.05, 4.69) is 0 Å². The highest BCUT2D eigenvalue weighted by Crippen LogP contribution is 2.39. The smallest absolute Gasteiger partial charge is 0.397 e. The minimum atomic E-state index is -4.64. The number of halogens is 4. The molecule has 0 heterocycles. The molecule has 0 fully saturated rings. The predicted octanol–water partition coefficient (Wildman–Crippen LogP) is 2.81. The van der Waals surface area contributed by atoms with E-state index in [1.54, 1.807) is 6.07 Å². The van der Waals surface area contributed by atoms with Gasteiger partial charge in [-0.05, 0) is 12.1 Å². The summed E-state index contributed by atoms with van der Waals surface area (Å²) < 4.78 is 37.1. The van der Waals surface area contributed by atoms with Gasteiger partial charge < -0.3 is 5.73 Å². The van der Waals surface area contributed by atoms with Gasteiger partial charge in [-0.25, -0.2) is 0 Å². The molecule has 0 aliphatic carbocycles. The van der Waals surface area contributed by atoms with Gasteiger partial charge >= 0.3 is 6.18 Å². The van der Waals surface area contributed by atoms with E-state index in [0.717, 1.165) is 12.1 Å². The molecular weight excluding hydrogens is 217 g/mol. The van der Waals surface area contributed by atoms with Crippen molar-refractivity contribution in [1.82, 2.24) is 0 Å². The van der Waals surface area contributed by atoms with Crippen LogP contribution in [0.4, 0.5) is 18.9 Å². The molecule has 0 atom stereocenters. The Morgan fingerprint density at radius 3 is 2.36 bits per heavy atom. The lowest BCUT2D eigenvalue weighted by Gasteiger charge is -2.12. The first-order valence-corrected chi connectivity index (χ1v) is 3.81. The second-order valence-electron chi connectivity index (χ2n) is 2.49. The van der Waals surface area contributed by atoms with Crippen LogP contribution in [-0.4, -0.2) is 0 Å².